The molecule has 1 aliphatic rings. The Balaban J connectivity index is 2.04. The molecule has 0 fully saturated rings. The standard InChI is InChI=1S/C18H16O5/c1-3-23-18(21)17(20)14-8-11-5-4-10-6-7-12(22-2)9-13(10)15(11)16(14)19/h4-7,9,14H,3,8H2,1-2H3/t14-/m0/s1. The van der Waals surface area contributed by atoms with E-state index in [1.807, 2.05) is 24.3 Å². The van der Waals surface area contributed by atoms with E-state index in [1.165, 1.54) is 0 Å². The summed E-state index contributed by atoms with van der Waals surface area (Å²) in [5, 5.41) is 1.63. The predicted octanol–water partition coefficient (Wildman–Crippen LogP) is 2.34. The first-order chi connectivity index (χ1) is 11.1. The van der Waals surface area contributed by atoms with Crippen LogP contribution in [-0.4, -0.2) is 31.3 Å². The van der Waals surface area contributed by atoms with Gasteiger partial charge in [0.1, 0.15) is 5.75 Å². The summed E-state index contributed by atoms with van der Waals surface area (Å²) in [7, 11) is 1.55. The Morgan fingerprint density at radius 3 is 2.65 bits per heavy atom. The van der Waals surface area contributed by atoms with Crippen molar-refractivity contribution < 1.29 is 23.9 Å². The lowest BCUT2D eigenvalue weighted by Gasteiger charge is -2.07. The zero-order valence-corrected chi connectivity index (χ0v) is 12.9. The maximum Gasteiger partial charge on any atom is 0.375 e. The van der Waals surface area contributed by atoms with Gasteiger partial charge in [-0.3, -0.25) is 9.59 Å². The molecule has 0 saturated heterocycles. The molecule has 0 heterocycles. The van der Waals surface area contributed by atoms with Gasteiger partial charge in [-0.25, -0.2) is 4.79 Å². The molecule has 2 aromatic rings. The molecule has 5 nitrogen and oxygen atoms in total. The summed E-state index contributed by atoms with van der Waals surface area (Å²) in [6.45, 7) is 1.73. The number of ether oxygens (including phenoxy) is 2. The normalized spacial score (nSPS) is 16.3. The number of hydrogen-bond donors (Lipinski definition) is 0. The molecular formula is C18H16O5. The van der Waals surface area contributed by atoms with Crippen LogP contribution < -0.4 is 4.74 Å². The molecular weight excluding hydrogens is 296 g/mol. The van der Waals surface area contributed by atoms with Crippen molar-refractivity contribution in [1.82, 2.24) is 0 Å². The molecule has 0 N–H and O–H groups in total. The number of carbonyl (C=O) groups is 3. The van der Waals surface area contributed by atoms with E-state index in [2.05, 4.69) is 0 Å². The zero-order valence-electron chi connectivity index (χ0n) is 12.9. The summed E-state index contributed by atoms with van der Waals surface area (Å²) in [5.74, 6) is -2.39. The Morgan fingerprint density at radius 1 is 1.22 bits per heavy atom. The number of esters is 1. The second-order valence-electron chi connectivity index (χ2n) is 5.39. The quantitative estimate of drug-likeness (QED) is 0.492. The van der Waals surface area contributed by atoms with E-state index < -0.39 is 17.7 Å². The Kier molecular flexibility index (Phi) is 3.86. The summed E-state index contributed by atoms with van der Waals surface area (Å²) in [4.78, 5) is 36.5. The molecule has 23 heavy (non-hydrogen) atoms. The molecule has 2 aromatic carbocycles. The molecule has 0 unspecified atom stereocenters. The second-order valence-corrected chi connectivity index (χ2v) is 5.39. The maximum absolute atomic E-state index is 12.7. The van der Waals surface area contributed by atoms with E-state index in [1.54, 1.807) is 20.1 Å². The van der Waals surface area contributed by atoms with Crippen molar-refractivity contribution in [3.05, 3.63) is 41.5 Å². The van der Waals surface area contributed by atoms with E-state index in [0.29, 0.717) is 11.3 Å². The zero-order chi connectivity index (χ0) is 16.6. The molecule has 1 aliphatic carbocycles. The average molecular weight is 312 g/mol. The first-order valence-electron chi connectivity index (χ1n) is 7.41. The van der Waals surface area contributed by atoms with Crippen LogP contribution in [0.1, 0.15) is 22.8 Å². The van der Waals surface area contributed by atoms with Crippen molar-refractivity contribution in [3.8, 4) is 5.75 Å². The number of hydrogen-bond acceptors (Lipinski definition) is 5. The third kappa shape index (κ3) is 2.48. The van der Waals surface area contributed by atoms with Gasteiger partial charge in [0.05, 0.1) is 19.6 Å². The topological polar surface area (TPSA) is 69.7 Å². The van der Waals surface area contributed by atoms with E-state index in [4.69, 9.17) is 9.47 Å². The largest absolute Gasteiger partial charge is 0.497 e. The highest BCUT2D eigenvalue weighted by Gasteiger charge is 2.40. The fraction of sp³-hybridized carbons (Fsp3) is 0.278. The Morgan fingerprint density at radius 2 is 1.96 bits per heavy atom. The van der Waals surface area contributed by atoms with Crippen molar-refractivity contribution in [2.24, 2.45) is 5.92 Å². The van der Waals surface area contributed by atoms with Gasteiger partial charge in [-0.1, -0.05) is 18.2 Å². The van der Waals surface area contributed by atoms with Crippen molar-refractivity contribution >= 4 is 28.3 Å². The summed E-state index contributed by atoms with van der Waals surface area (Å²) < 4.78 is 9.94. The van der Waals surface area contributed by atoms with Crippen molar-refractivity contribution in [2.45, 2.75) is 13.3 Å². The van der Waals surface area contributed by atoms with Gasteiger partial charge < -0.3 is 9.47 Å². The third-order valence-electron chi connectivity index (χ3n) is 4.10. The fourth-order valence-electron chi connectivity index (χ4n) is 2.98. The monoisotopic (exact) mass is 312 g/mol. The summed E-state index contributed by atoms with van der Waals surface area (Å²) in [6.07, 6.45) is 0.235. The highest BCUT2D eigenvalue weighted by Crippen LogP contribution is 2.35. The van der Waals surface area contributed by atoms with Crippen LogP contribution in [0.5, 0.6) is 5.75 Å². The van der Waals surface area contributed by atoms with Crippen LogP contribution in [0, 0.1) is 5.92 Å². The summed E-state index contributed by atoms with van der Waals surface area (Å²) >= 11 is 0. The molecule has 3 rings (SSSR count). The molecule has 0 radical (unpaired) electrons. The van der Waals surface area contributed by atoms with Gasteiger partial charge in [-0.05, 0) is 41.8 Å². The molecule has 0 spiro atoms. The van der Waals surface area contributed by atoms with E-state index >= 15 is 0 Å². The van der Waals surface area contributed by atoms with Crippen molar-refractivity contribution in [2.75, 3.05) is 13.7 Å². The van der Waals surface area contributed by atoms with Crippen LogP contribution in [-0.2, 0) is 20.7 Å². The first-order valence-corrected chi connectivity index (χ1v) is 7.41. The Hall–Kier alpha value is -2.69. The van der Waals surface area contributed by atoms with Crippen LogP contribution >= 0.6 is 0 Å². The van der Waals surface area contributed by atoms with Gasteiger partial charge in [0, 0.05) is 5.56 Å². The molecule has 0 amide bonds. The molecule has 0 aromatic heterocycles. The Labute approximate surface area is 133 Å². The van der Waals surface area contributed by atoms with Crippen LogP contribution in [0.4, 0.5) is 0 Å². The van der Waals surface area contributed by atoms with Crippen molar-refractivity contribution in [1.29, 1.82) is 0 Å². The van der Waals surface area contributed by atoms with Gasteiger partial charge >= 0.3 is 5.97 Å². The minimum atomic E-state index is -0.985. The molecule has 0 bridgehead atoms. The number of benzene rings is 2. The van der Waals surface area contributed by atoms with Crippen LogP contribution in [0.3, 0.4) is 0 Å². The van der Waals surface area contributed by atoms with Crippen LogP contribution in [0.2, 0.25) is 0 Å². The smallest absolute Gasteiger partial charge is 0.375 e. The molecule has 0 aliphatic heterocycles. The molecule has 0 saturated carbocycles. The lowest BCUT2D eigenvalue weighted by molar-refractivity contribution is -0.154. The van der Waals surface area contributed by atoms with Gasteiger partial charge in [-0.15, -0.1) is 0 Å². The summed E-state index contributed by atoms with van der Waals surface area (Å²) in [6, 6.07) is 9.19. The van der Waals surface area contributed by atoms with Gasteiger partial charge in [0.2, 0.25) is 0 Å². The Bertz CT molecular complexity index is 822. The molecule has 1 atom stereocenters. The minimum absolute atomic E-state index is 0.110. The predicted molar refractivity (Wildman–Crippen MR) is 83.7 cm³/mol. The number of Topliss-reactive ketones (excluding diaryl/α,β-unsaturated/α-hetero) is 2. The van der Waals surface area contributed by atoms with E-state index in [-0.39, 0.29) is 18.8 Å². The lowest BCUT2D eigenvalue weighted by Crippen LogP contribution is -2.29. The number of ketones is 2. The number of carbonyl (C=O) groups excluding carboxylic acids is 3. The van der Waals surface area contributed by atoms with Crippen LogP contribution in [0.25, 0.3) is 10.8 Å². The summed E-state index contributed by atoms with van der Waals surface area (Å²) in [5.41, 5.74) is 1.28. The lowest BCUT2D eigenvalue weighted by atomic mass is 9.98. The molecule has 118 valence electrons. The van der Waals surface area contributed by atoms with Gasteiger partial charge in [-0.2, -0.15) is 0 Å². The number of methoxy groups -OCH3 is 1. The maximum atomic E-state index is 12.7. The van der Waals surface area contributed by atoms with Crippen LogP contribution in [0.15, 0.2) is 30.3 Å². The van der Waals surface area contributed by atoms with Crippen molar-refractivity contribution in [3.63, 3.8) is 0 Å². The fourth-order valence-corrected chi connectivity index (χ4v) is 2.98. The number of rotatable bonds is 4. The minimum Gasteiger partial charge on any atom is -0.497 e. The van der Waals surface area contributed by atoms with E-state index in [9.17, 15) is 14.4 Å². The highest BCUT2D eigenvalue weighted by molar-refractivity contribution is 6.41. The second kappa shape index (κ2) is 5.83. The first kappa shape index (κ1) is 15.2. The average Bonchev–Trinajstić information content (AvgIpc) is 2.91. The highest BCUT2D eigenvalue weighted by atomic mass is 16.5. The number of fused-ring (bicyclic) bond motifs is 3. The van der Waals surface area contributed by atoms with Gasteiger partial charge in [0.15, 0.2) is 5.78 Å². The molecule has 5 heteroatoms. The SMILES string of the molecule is CCOC(=O)C(=O)[C@H]1Cc2ccc3ccc(OC)cc3c2C1=O. The van der Waals surface area contributed by atoms with Gasteiger partial charge in [0.25, 0.3) is 5.78 Å². The van der Waals surface area contributed by atoms with E-state index in [0.717, 1.165) is 16.3 Å². The third-order valence-corrected chi connectivity index (χ3v) is 4.10.